The fourth-order valence-corrected chi connectivity index (χ4v) is 3.64. The first kappa shape index (κ1) is 19.2. The molecule has 2 aliphatic rings. The molecule has 0 bridgehead atoms. The average molecular weight is 382 g/mol. The van der Waals surface area contributed by atoms with Crippen molar-refractivity contribution in [3.05, 3.63) is 30.5 Å². The lowest BCUT2D eigenvalue weighted by molar-refractivity contribution is -0.119. The van der Waals surface area contributed by atoms with Crippen LogP contribution in [0.2, 0.25) is 0 Å². The second kappa shape index (κ2) is 6.74. The molecule has 148 valence electrons. The predicted molar refractivity (Wildman–Crippen MR) is 109 cm³/mol. The molecule has 28 heavy (non-hydrogen) atoms. The Bertz CT molecular complexity index is 898. The van der Waals surface area contributed by atoms with Crippen LogP contribution in [0, 0.1) is 5.92 Å². The number of rotatable bonds is 4. The molecule has 2 fully saturated rings. The van der Waals surface area contributed by atoms with E-state index in [2.05, 4.69) is 10.3 Å². The predicted octanol–water partition coefficient (Wildman–Crippen LogP) is 2.44. The fourth-order valence-electron chi connectivity index (χ4n) is 3.64. The second-order valence-corrected chi connectivity index (χ2v) is 8.77. The van der Waals surface area contributed by atoms with Crippen LogP contribution >= 0.6 is 0 Å². The maximum atomic E-state index is 11.6. The van der Waals surface area contributed by atoms with Gasteiger partial charge in [-0.1, -0.05) is 0 Å². The molecule has 0 unspecified atom stereocenters. The highest BCUT2D eigenvalue weighted by atomic mass is 16.7. The summed E-state index contributed by atoms with van der Waals surface area (Å²) >= 11 is 0. The zero-order chi connectivity index (χ0) is 20.1. The number of carbonyl (C=O) groups excluding carboxylic acids is 1. The van der Waals surface area contributed by atoms with Gasteiger partial charge >= 0.3 is 7.12 Å². The van der Waals surface area contributed by atoms with Gasteiger partial charge in [0.05, 0.1) is 16.7 Å². The van der Waals surface area contributed by atoms with Crippen LogP contribution < -0.4 is 15.5 Å². The summed E-state index contributed by atoms with van der Waals surface area (Å²) in [5, 5.41) is 3.81. The summed E-state index contributed by atoms with van der Waals surface area (Å²) in [4.78, 5) is 16.1. The summed E-state index contributed by atoms with van der Waals surface area (Å²) in [6.45, 7) is 10.8. The number of hydrogen-bond donors (Lipinski definition) is 1. The third-order valence-electron chi connectivity index (χ3n) is 6.22. The summed E-state index contributed by atoms with van der Waals surface area (Å²) in [7, 11) is -0.483. The molecule has 0 aliphatic carbocycles. The Morgan fingerprint density at radius 1 is 1.25 bits per heavy atom. The van der Waals surface area contributed by atoms with Crippen molar-refractivity contribution in [2.45, 2.75) is 58.3 Å². The van der Waals surface area contributed by atoms with Crippen LogP contribution in [-0.4, -0.2) is 41.9 Å². The van der Waals surface area contributed by atoms with Crippen LogP contribution in [0.25, 0.3) is 10.9 Å². The number of nitrogens with one attached hydrogen (secondary N) is 1. The van der Waals surface area contributed by atoms with E-state index in [1.807, 2.05) is 58.9 Å². The summed E-state index contributed by atoms with van der Waals surface area (Å²) in [5.41, 5.74) is 0.882. The van der Waals surface area contributed by atoms with Gasteiger partial charge in [0.1, 0.15) is 11.9 Å². The zero-order valence-electron chi connectivity index (χ0n) is 17.1. The van der Waals surface area contributed by atoms with Crippen molar-refractivity contribution in [1.82, 2.24) is 10.3 Å². The Hall–Kier alpha value is -2.12. The van der Waals surface area contributed by atoms with Gasteiger partial charge in [-0.3, -0.25) is 9.78 Å². The van der Waals surface area contributed by atoms with Gasteiger partial charge in [-0.25, -0.2) is 0 Å². The Morgan fingerprint density at radius 3 is 2.61 bits per heavy atom. The van der Waals surface area contributed by atoms with Crippen LogP contribution in [0.1, 0.15) is 41.0 Å². The first-order chi connectivity index (χ1) is 13.2. The summed E-state index contributed by atoms with van der Waals surface area (Å²) in [6.07, 6.45) is 2.16. The molecule has 3 heterocycles. The Balaban J connectivity index is 1.67. The normalized spacial score (nSPS) is 24.4. The molecule has 1 aromatic carbocycles. The minimum Gasteiger partial charge on any atom is -0.490 e. The monoisotopic (exact) mass is 382 g/mol. The van der Waals surface area contributed by atoms with E-state index in [1.54, 1.807) is 6.20 Å². The molecule has 6 nitrogen and oxygen atoms in total. The van der Waals surface area contributed by atoms with Crippen LogP contribution in [0.3, 0.4) is 0 Å². The smallest absolute Gasteiger partial charge is 0.490 e. The molecule has 1 aromatic heterocycles. The number of fused-ring (bicyclic) bond motifs is 1. The van der Waals surface area contributed by atoms with Crippen molar-refractivity contribution in [3.8, 4) is 5.75 Å². The maximum absolute atomic E-state index is 11.6. The molecular weight excluding hydrogens is 355 g/mol. The highest BCUT2D eigenvalue weighted by molar-refractivity contribution is 6.62. The van der Waals surface area contributed by atoms with E-state index in [1.165, 1.54) is 0 Å². The van der Waals surface area contributed by atoms with Gasteiger partial charge in [0.2, 0.25) is 5.91 Å². The van der Waals surface area contributed by atoms with Crippen LogP contribution in [0.4, 0.5) is 0 Å². The van der Waals surface area contributed by atoms with Gasteiger partial charge in [-0.15, -0.1) is 0 Å². The molecule has 1 N–H and O–H groups in total. The van der Waals surface area contributed by atoms with Crippen molar-refractivity contribution in [1.29, 1.82) is 0 Å². The Kier molecular flexibility index (Phi) is 4.63. The lowest BCUT2D eigenvalue weighted by Gasteiger charge is -2.32. The van der Waals surface area contributed by atoms with E-state index in [4.69, 9.17) is 14.0 Å². The minimum atomic E-state index is -0.483. The maximum Gasteiger partial charge on any atom is 0.495 e. The SMILES string of the molecule is C[C@@H](Oc1cc(B2OC(C)(C)C(C)(C)O2)cc2ncccc12)[C@H]1CNC(=O)C1. The molecule has 2 saturated heterocycles. The number of amides is 1. The molecular formula is C21H27BN2O4. The molecule has 1 amide bonds. The van der Waals surface area contributed by atoms with Crippen molar-refractivity contribution in [2.24, 2.45) is 5.92 Å². The highest BCUT2D eigenvalue weighted by Gasteiger charge is 2.51. The number of nitrogens with zero attached hydrogens (tertiary/aromatic N) is 1. The summed E-state index contributed by atoms with van der Waals surface area (Å²) in [5.74, 6) is 0.972. The van der Waals surface area contributed by atoms with E-state index in [-0.39, 0.29) is 17.9 Å². The van der Waals surface area contributed by atoms with Gasteiger partial charge in [-0.05, 0) is 64.3 Å². The molecule has 0 radical (unpaired) electrons. The summed E-state index contributed by atoms with van der Waals surface area (Å²) < 4.78 is 18.7. The van der Waals surface area contributed by atoms with E-state index < -0.39 is 18.3 Å². The van der Waals surface area contributed by atoms with Gasteiger partial charge in [0, 0.05) is 30.5 Å². The van der Waals surface area contributed by atoms with Crippen LogP contribution in [0.5, 0.6) is 5.75 Å². The number of aromatic nitrogens is 1. The molecule has 2 aliphatic heterocycles. The molecule has 2 atom stereocenters. The van der Waals surface area contributed by atoms with E-state index in [9.17, 15) is 4.79 Å². The van der Waals surface area contributed by atoms with E-state index >= 15 is 0 Å². The lowest BCUT2D eigenvalue weighted by Crippen LogP contribution is -2.41. The van der Waals surface area contributed by atoms with Gasteiger partial charge < -0.3 is 19.4 Å². The molecule has 7 heteroatoms. The van der Waals surface area contributed by atoms with E-state index in [0.717, 1.165) is 22.1 Å². The van der Waals surface area contributed by atoms with Crippen molar-refractivity contribution >= 4 is 29.4 Å². The quantitative estimate of drug-likeness (QED) is 0.823. The van der Waals surface area contributed by atoms with E-state index in [0.29, 0.717) is 13.0 Å². The van der Waals surface area contributed by atoms with Crippen molar-refractivity contribution < 1.29 is 18.8 Å². The molecule has 0 saturated carbocycles. The largest absolute Gasteiger partial charge is 0.495 e. The fraction of sp³-hybridized carbons (Fsp3) is 0.524. The third-order valence-corrected chi connectivity index (χ3v) is 6.22. The first-order valence-corrected chi connectivity index (χ1v) is 9.84. The molecule has 2 aromatic rings. The molecule has 0 spiro atoms. The van der Waals surface area contributed by atoms with Crippen LogP contribution in [0.15, 0.2) is 30.5 Å². The van der Waals surface area contributed by atoms with Crippen molar-refractivity contribution in [3.63, 3.8) is 0 Å². The van der Waals surface area contributed by atoms with Crippen LogP contribution in [-0.2, 0) is 14.1 Å². The number of hydrogen-bond acceptors (Lipinski definition) is 5. The number of pyridine rings is 1. The lowest BCUT2D eigenvalue weighted by atomic mass is 9.78. The van der Waals surface area contributed by atoms with Crippen molar-refractivity contribution in [2.75, 3.05) is 6.54 Å². The topological polar surface area (TPSA) is 69.7 Å². The Labute approximate surface area is 166 Å². The average Bonchev–Trinajstić information content (AvgIpc) is 3.15. The second-order valence-electron chi connectivity index (χ2n) is 8.77. The number of benzene rings is 1. The molecule has 4 rings (SSSR count). The third kappa shape index (κ3) is 3.37. The van der Waals surface area contributed by atoms with Gasteiger partial charge in [0.25, 0.3) is 0 Å². The van der Waals surface area contributed by atoms with Gasteiger partial charge in [0.15, 0.2) is 0 Å². The standard InChI is InChI=1S/C21H27BN2O4/c1-13(14-9-19(25)24-12-14)26-18-11-15(10-17-16(18)7-6-8-23-17)22-27-20(2,3)21(4,5)28-22/h6-8,10-11,13-14H,9,12H2,1-5H3,(H,24,25)/t13-,14-/m1/s1. The highest BCUT2D eigenvalue weighted by Crippen LogP contribution is 2.37. The Morgan fingerprint density at radius 2 is 1.96 bits per heavy atom. The minimum absolute atomic E-state index is 0.0814. The number of ether oxygens (including phenoxy) is 1. The van der Waals surface area contributed by atoms with Gasteiger partial charge in [-0.2, -0.15) is 0 Å². The zero-order valence-corrected chi connectivity index (χ0v) is 17.1. The number of carbonyl (C=O) groups is 1. The summed E-state index contributed by atoms with van der Waals surface area (Å²) in [6, 6.07) is 7.87. The first-order valence-electron chi connectivity index (χ1n) is 9.84.